The van der Waals surface area contributed by atoms with Crippen molar-refractivity contribution in [2.45, 2.75) is 17.7 Å². The van der Waals surface area contributed by atoms with E-state index in [1.807, 2.05) is 60.7 Å². The molecule has 0 saturated carbocycles. The van der Waals surface area contributed by atoms with Crippen molar-refractivity contribution in [2.24, 2.45) is 0 Å². The summed E-state index contributed by atoms with van der Waals surface area (Å²) in [4.78, 5) is 12.8. The number of thiocarbonyl (C=S) groups is 1. The van der Waals surface area contributed by atoms with Gasteiger partial charge in [-0.2, -0.15) is 0 Å². The van der Waals surface area contributed by atoms with Crippen molar-refractivity contribution in [1.82, 2.24) is 10.0 Å². The number of rotatable bonds is 11. The first kappa shape index (κ1) is 28.0. The van der Waals surface area contributed by atoms with Crippen molar-refractivity contribution in [3.8, 4) is 5.75 Å². The number of ether oxygens (including phenoxy) is 1. The van der Waals surface area contributed by atoms with E-state index < -0.39 is 10.0 Å². The number of nitrogens with one attached hydrogen (secondary N) is 3. The van der Waals surface area contributed by atoms with Gasteiger partial charge in [0.1, 0.15) is 5.75 Å². The first-order valence-electron chi connectivity index (χ1n) is 12.4. The minimum atomic E-state index is -3.65. The van der Waals surface area contributed by atoms with Crippen LogP contribution in [0.15, 0.2) is 114 Å². The molecule has 4 aromatic rings. The van der Waals surface area contributed by atoms with Crippen LogP contribution in [0, 0.1) is 0 Å². The Morgan fingerprint density at radius 3 is 2.08 bits per heavy atom. The minimum Gasteiger partial charge on any atom is -0.493 e. The van der Waals surface area contributed by atoms with E-state index in [2.05, 4.69) is 15.4 Å². The Morgan fingerprint density at radius 2 is 1.41 bits per heavy atom. The highest BCUT2D eigenvalue weighted by atomic mass is 32.2. The lowest BCUT2D eigenvalue weighted by atomic mass is 10.2. The van der Waals surface area contributed by atoms with Crippen LogP contribution in [0.4, 0.5) is 5.69 Å². The highest BCUT2D eigenvalue weighted by Crippen LogP contribution is 2.16. The van der Waals surface area contributed by atoms with Crippen molar-refractivity contribution in [1.29, 1.82) is 0 Å². The van der Waals surface area contributed by atoms with Gasteiger partial charge in [-0.15, -0.1) is 0 Å². The van der Waals surface area contributed by atoms with Crippen LogP contribution < -0.4 is 20.1 Å². The predicted octanol–water partition coefficient (Wildman–Crippen LogP) is 4.96. The molecule has 9 heteroatoms. The molecule has 0 atom stereocenters. The molecule has 0 heterocycles. The number of amides is 1. The zero-order chi connectivity index (χ0) is 27.5. The van der Waals surface area contributed by atoms with Gasteiger partial charge in [0.2, 0.25) is 10.0 Å². The summed E-state index contributed by atoms with van der Waals surface area (Å²) in [6.45, 7) is 0.783. The summed E-state index contributed by atoms with van der Waals surface area (Å²) < 4.78 is 33.6. The molecule has 0 radical (unpaired) electrons. The second-order valence-electron chi connectivity index (χ2n) is 8.68. The number of anilines is 1. The zero-order valence-corrected chi connectivity index (χ0v) is 22.8. The molecule has 0 unspecified atom stereocenters. The van der Waals surface area contributed by atoms with Crippen LogP contribution in [-0.4, -0.2) is 32.6 Å². The summed E-state index contributed by atoms with van der Waals surface area (Å²) in [5.74, 6) is 0.203. The predicted molar refractivity (Wildman–Crippen MR) is 158 cm³/mol. The zero-order valence-electron chi connectivity index (χ0n) is 21.2. The third-order valence-electron chi connectivity index (χ3n) is 5.80. The molecule has 39 heavy (non-hydrogen) atoms. The van der Waals surface area contributed by atoms with E-state index in [4.69, 9.17) is 17.0 Å². The van der Waals surface area contributed by atoms with E-state index in [9.17, 15) is 13.2 Å². The topological polar surface area (TPSA) is 96.5 Å². The van der Waals surface area contributed by atoms with Crippen LogP contribution in [0.3, 0.4) is 0 Å². The molecule has 3 N–H and O–H groups in total. The molecule has 7 nitrogen and oxygen atoms in total. The molecule has 4 rings (SSSR count). The van der Waals surface area contributed by atoms with Crippen molar-refractivity contribution < 1.29 is 17.9 Å². The molecule has 1 amide bonds. The molecule has 0 aliphatic carbocycles. The van der Waals surface area contributed by atoms with Crippen LogP contribution >= 0.6 is 12.2 Å². The average molecular weight is 560 g/mol. The van der Waals surface area contributed by atoms with E-state index in [0.29, 0.717) is 36.6 Å². The fourth-order valence-corrected chi connectivity index (χ4v) is 5.01. The molecule has 0 aromatic heterocycles. The number of hydrogen-bond donors (Lipinski definition) is 3. The summed E-state index contributed by atoms with van der Waals surface area (Å²) in [5.41, 5.74) is 3.17. The van der Waals surface area contributed by atoms with Crippen molar-refractivity contribution >= 4 is 38.9 Å². The molecule has 0 aliphatic rings. The number of benzene rings is 4. The first-order valence-corrected chi connectivity index (χ1v) is 14.3. The van der Waals surface area contributed by atoms with E-state index >= 15 is 0 Å². The molecule has 200 valence electrons. The summed E-state index contributed by atoms with van der Waals surface area (Å²) in [5, 5.41) is 5.63. The number of sulfonamides is 1. The highest BCUT2D eigenvalue weighted by molar-refractivity contribution is 7.89. The fourth-order valence-electron chi connectivity index (χ4n) is 3.77. The Balaban J connectivity index is 1.25. The second-order valence-corrected chi connectivity index (χ2v) is 10.9. The van der Waals surface area contributed by atoms with Crippen LogP contribution in [-0.2, 0) is 22.9 Å². The van der Waals surface area contributed by atoms with E-state index in [1.165, 1.54) is 17.7 Å². The fraction of sp³-hybridized carbons (Fsp3) is 0.133. The van der Waals surface area contributed by atoms with Crippen molar-refractivity contribution in [2.75, 3.05) is 18.5 Å². The van der Waals surface area contributed by atoms with Crippen molar-refractivity contribution in [3.63, 3.8) is 0 Å². The largest absolute Gasteiger partial charge is 0.493 e. The summed E-state index contributed by atoms with van der Waals surface area (Å²) in [6, 6.07) is 32.7. The maximum absolute atomic E-state index is 12.7. The third kappa shape index (κ3) is 8.75. The van der Waals surface area contributed by atoms with Gasteiger partial charge in [-0.05, 0) is 72.2 Å². The molecule has 0 spiro atoms. The molecule has 0 aliphatic heterocycles. The smallest absolute Gasteiger partial charge is 0.257 e. The van der Waals surface area contributed by atoms with Gasteiger partial charge in [0.15, 0.2) is 5.11 Å². The van der Waals surface area contributed by atoms with E-state index in [0.717, 1.165) is 12.0 Å². The van der Waals surface area contributed by atoms with Gasteiger partial charge in [0.05, 0.1) is 11.5 Å². The molecule has 0 fully saturated rings. The van der Waals surface area contributed by atoms with Gasteiger partial charge < -0.3 is 10.1 Å². The Kier molecular flexibility index (Phi) is 9.80. The standard InChI is InChI=1S/C30H29N3O4S2/c34-29(25-12-7-13-27(22-25)37-21-19-24-10-5-2-6-11-24)33-30(38)32-26-14-16-28(17-15-26)39(35,36)31-20-18-23-8-3-1-4-9-23/h1-17,22,31H,18-21H2,(H2,32,33,34,38). The Morgan fingerprint density at radius 1 is 0.769 bits per heavy atom. The monoisotopic (exact) mass is 559 g/mol. The van der Waals surface area contributed by atoms with Gasteiger partial charge in [-0.3, -0.25) is 10.1 Å². The van der Waals surface area contributed by atoms with Crippen LogP contribution in [0.2, 0.25) is 0 Å². The van der Waals surface area contributed by atoms with Gasteiger partial charge in [0, 0.05) is 24.2 Å². The lowest BCUT2D eigenvalue weighted by Gasteiger charge is -2.12. The maximum atomic E-state index is 12.7. The lowest BCUT2D eigenvalue weighted by Crippen LogP contribution is -2.34. The van der Waals surface area contributed by atoms with Gasteiger partial charge in [-0.1, -0.05) is 66.7 Å². The van der Waals surface area contributed by atoms with Crippen molar-refractivity contribution in [3.05, 3.63) is 126 Å². The average Bonchev–Trinajstić information content (AvgIpc) is 2.94. The van der Waals surface area contributed by atoms with Gasteiger partial charge in [0.25, 0.3) is 5.91 Å². The quantitative estimate of drug-likeness (QED) is 0.225. The van der Waals surface area contributed by atoms with Crippen LogP contribution in [0.1, 0.15) is 21.5 Å². The SMILES string of the molecule is O=C(NC(=S)Nc1ccc(S(=O)(=O)NCCc2ccccc2)cc1)c1cccc(OCCc2ccccc2)c1. The van der Waals surface area contributed by atoms with Gasteiger partial charge in [-0.25, -0.2) is 13.1 Å². The Bertz CT molecular complexity index is 1490. The van der Waals surface area contributed by atoms with Crippen LogP contribution in [0.5, 0.6) is 5.75 Å². The van der Waals surface area contributed by atoms with E-state index in [1.54, 1.807) is 36.4 Å². The highest BCUT2D eigenvalue weighted by Gasteiger charge is 2.14. The number of carbonyl (C=O) groups excluding carboxylic acids is 1. The summed E-state index contributed by atoms with van der Waals surface area (Å²) in [6.07, 6.45) is 1.35. The van der Waals surface area contributed by atoms with Gasteiger partial charge >= 0.3 is 0 Å². The molecular weight excluding hydrogens is 530 g/mol. The molecule has 0 bridgehead atoms. The second kappa shape index (κ2) is 13.7. The Hall–Kier alpha value is -4.05. The maximum Gasteiger partial charge on any atom is 0.257 e. The molecule has 0 saturated heterocycles. The normalized spacial score (nSPS) is 11.0. The number of carbonyl (C=O) groups is 1. The minimum absolute atomic E-state index is 0.0898. The van der Waals surface area contributed by atoms with Crippen LogP contribution in [0.25, 0.3) is 0 Å². The summed E-state index contributed by atoms with van der Waals surface area (Å²) >= 11 is 5.27. The molecule has 4 aromatic carbocycles. The van der Waals surface area contributed by atoms with E-state index in [-0.39, 0.29) is 15.9 Å². The molecular formula is C30H29N3O4S2. The first-order chi connectivity index (χ1) is 18.9. The summed E-state index contributed by atoms with van der Waals surface area (Å²) in [7, 11) is -3.65. The lowest BCUT2D eigenvalue weighted by molar-refractivity contribution is 0.0977. The number of hydrogen-bond acceptors (Lipinski definition) is 5. The third-order valence-corrected chi connectivity index (χ3v) is 7.48. The Labute approximate surface area is 234 Å².